The first-order valence-electron chi connectivity index (χ1n) is 8.63. The van der Waals surface area contributed by atoms with Crippen molar-refractivity contribution in [1.29, 1.82) is 0 Å². The highest BCUT2D eigenvalue weighted by Gasteiger charge is 2.30. The van der Waals surface area contributed by atoms with Crippen molar-refractivity contribution in [2.75, 3.05) is 7.05 Å². The van der Waals surface area contributed by atoms with Crippen molar-refractivity contribution in [1.82, 2.24) is 10.2 Å². The number of benzene rings is 2. The Kier molecular flexibility index (Phi) is 6.75. The predicted molar refractivity (Wildman–Crippen MR) is 99.8 cm³/mol. The topological polar surface area (TPSA) is 49.4 Å². The van der Waals surface area contributed by atoms with Crippen LogP contribution in [0.1, 0.15) is 25.0 Å². The molecule has 0 aliphatic carbocycles. The van der Waals surface area contributed by atoms with E-state index < -0.39 is 6.04 Å². The first kappa shape index (κ1) is 18.7. The molecular weight excluding hydrogens is 312 g/mol. The van der Waals surface area contributed by atoms with Gasteiger partial charge < -0.3 is 10.2 Å². The molecule has 0 unspecified atom stereocenters. The summed E-state index contributed by atoms with van der Waals surface area (Å²) in [6, 6.07) is 19.0. The van der Waals surface area contributed by atoms with E-state index in [1.165, 1.54) is 0 Å². The maximum absolute atomic E-state index is 12.8. The standard InChI is InChI=1S/C21H26N2O2/c1-16(2)21(25)23(15-18-12-8-5-9-13-18)19(20(24)22-3)14-17-10-6-4-7-11-17/h4-13,16,19H,14-15H2,1-3H3,(H,22,24)/t19-/m0/s1. The highest BCUT2D eigenvalue weighted by molar-refractivity contribution is 5.88. The summed E-state index contributed by atoms with van der Waals surface area (Å²) in [6.07, 6.45) is 0.492. The van der Waals surface area contributed by atoms with E-state index in [0.29, 0.717) is 13.0 Å². The van der Waals surface area contributed by atoms with Crippen molar-refractivity contribution in [2.24, 2.45) is 5.92 Å². The van der Waals surface area contributed by atoms with Crippen LogP contribution in [-0.4, -0.2) is 29.8 Å². The lowest BCUT2D eigenvalue weighted by Crippen LogP contribution is -2.50. The molecule has 132 valence electrons. The monoisotopic (exact) mass is 338 g/mol. The lowest BCUT2D eigenvalue weighted by molar-refractivity contribution is -0.143. The Morgan fingerprint density at radius 1 is 0.920 bits per heavy atom. The van der Waals surface area contributed by atoms with Crippen LogP contribution >= 0.6 is 0 Å². The molecule has 25 heavy (non-hydrogen) atoms. The predicted octanol–water partition coefficient (Wildman–Crippen LogP) is 3.03. The van der Waals surface area contributed by atoms with Crippen LogP contribution in [0.2, 0.25) is 0 Å². The van der Waals surface area contributed by atoms with Crippen LogP contribution in [0.25, 0.3) is 0 Å². The Bertz CT molecular complexity index is 684. The zero-order chi connectivity index (χ0) is 18.2. The lowest BCUT2D eigenvalue weighted by atomic mass is 10.0. The molecule has 1 N–H and O–H groups in total. The Balaban J connectivity index is 2.34. The van der Waals surface area contributed by atoms with Gasteiger partial charge in [-0.3, -0.25) is 9.59 Å². The number of hydrogen-bond acceptors (Lipinski definition) is 2. The van der Waals surface area contributed by atoms with E-state index in [9.17, 15) is 9.59 Å². The van der Waals surface area contributed by atoms with Gasteiger partial charge in [-0.25, -0.2) is 0 Å². The molecule has 2 rings (SSSR count). The average Bonchev–Trinajstić information content (AvgIpc) is 2.65. The maximum atomic E-state index is 12.8. The van der Waals surface area contributed by atoms with Crippen molar-refractivity contribution in [3.8, 4) is 0 Å². The van der Waals surface area contributed by atoms with Crippen molar-refractivity contribution in [3.05, 3.63) is 71.8 Å². The fourth-order valence-electron chi connectivity index (χ4n) is 2.80. The molecule has 0 aromatic heterocycles. The summed E-state index contributed by atoms with van der Waals surface area (Å²) in [5.41, 5.74) is 2.05. The number of nitrogens with zero attached hydrogens (tertiary/aromatic N) is 1. The first-order valence-corrected chi connectivity index (χ1v) is 8.63. The largest absolute Gasteiger partial charge is 0.357 e. The summed E-state index contributed by atoms with van der Waals surface area (Å²) in [5, 5.41) is 2.71. The van der Waals surface area contributed by atoms with E-state index in [2.05, 4.69) is 5.32 Å². The van der Waals surface area contributed by atoms with Gasteiger partial charge in [0.05, 0.1) is 0 Å². The van der Waals surface area contributed by atoms with E-state index in [4.69, 9.17) is 0 Å². The van der Waals surface area contributed by atoms with Gasteiger partial charge in [0.2, 0.25) is 11.8 Å². The molecule has 0 saturated heterocycles. The smallest absolute Gasteiger partial charge is 0.242 e. The number of hydrogen-bond donors (Lipinski definition) is 1. The minimum atomic E-state index is -0.539. The van der Waals surface area contributed by atoms with Crippen LogP contribution in [0, 0.1) is 5.92 Å². The summed E-state index contributed by atoms with van der Waals surface area (Å²) < 4.78 is 0. The first-order chi connectivity index (χ1) is 12.0. The molecule has 0 bridgehead atoms. The van der Waals surface area contributed by atoms with E-state index in [-0.39, 0.29) is 17.7 Å². The van der Waals surface area contributed by atoms with E-state index in [0.717, 1.165) is 11.1 Å². The van der Waals surface area contributed by atoms with E-state index >= 15 is 0 Å². The Morgan fingerprint density at radius 2 is 1.44 bits per heavy atom. The van der Waals surface area contributed by atoms with Gasteiger partial charge in [0.15, 0.2) is 0 Å². The van der Waals surface area contributed by atoms with Gasteiger partial charge >= 0.3 is 0 Å². The van der Waals surface area contributed by atoms with Crippen LogP contribution in [0.4, 0.5) is 0 Å². The van der Waals surface area contributed by atoms with Gasteiger partial charge in [0.1, 0.15) is 6.04 Å². The molecule has 0 fully saturated rings. The molecule has 0 radical (unpaired) electrons. The number of nitrogens with one attached hydrogen (secondary N) is 1. The van der Waals surface area contributed by atoms with Gasteiger partial charge in [-0.15, -0.1) is 0 Å². The zero-order valence-corrected chi connectivity index (χ0v) is 15.1. The Morgan fingerprint density at radius 3 is 1.92 bits per heavy atom. The molecule has 1 atom stereocenters. The molecule has 0 saturated carbocycles. The summed E-state index contributed by atoms with van der Waals surface area (Å²) in [4.78, 5) is 27.1. The van der Waals surface area contributed by atoms with E-state index in [1.807, 2.05) is 74.5 Å². The highest BCUT2D eigenvalue weighted by atomic mass is 16.2. The molecular formula is C21H26N2O2. The number of likely N-dealkylation sites (N-methyl/N-ethyl adjacent to an activating group) is 1. The molecule has 4 nitrogen and oxygen atoms in total. The van der Waals surface area contributed by atoms with Gasteiger partial charge in [0, 0.05) is 25.9 Å². The summed E-state index contributed by atoms with van der Waals surface area (Å²) in [5.74, 6) is -0.339. The van der Waals surface area contributed by atoms with Crippen LogP contribution < -0.4 is 5.32 Å². The highest BCUT2D eigenvalue weighted by Crippen LogP contribution is 2.17. The third-order valence-electron chi connectivity index (χ3n) is 4.17. The Labute approximate surface area is 149 Å². The maximum Gasteiger partial charge on any atom is 0.242 e. The van der Waals surface area contributed by atoms with Crippen LogP contribution in [-0.2, 0) is 22.6 Å². The molecule has 4 heteroatoms. The van der Waals surface area contributed by atoms with Crippen molar-refractivity contribution in [2.45, 2.75) is 32.9 Å². The lowest BCUT2D eigenvalue weighted by Gasteiger charge is -2.32. The van der Waals surface area contributed by atoms with Crippen LogP contribution in [0.3, 0.4) is 0 Å². The minimum Gasteiger partial charge on any atom is -0.357 e. The fraction of sp³-hybridized carbons (Fsp3) is 0.333. The third kappa shape index (κ3) is 5.18. The molecule has 0 heterocycles. The number of carbonyl (C=O) groups is 2. The molecule has 0 spiro atoms. The van der Waals surface area contributed by atoms with Crippen LogP contribution in [0.5, 0.6) is 0 Å². The second-order valence-corrected chi connectivity index (χ2v) is 6.43. The molecule has 0 aliphatic heterocycles. The molecule has 2 amide bonds. The molecule has 0 aliphatic rings. The van der Waals surface area contributed by atoms with Crippen LogP contribution in [0.15, 0.2) is 60.7 Å². The van der Waals surface area contributed by atoms with Gasteiger partial charge in [-0.1, -0.05) is 74.5 Å². The van der Waals surface area contributed by atoms with Gasteiger partial charge in [-0.05, 0) is 11.1 Å². The SMILES string of the molecule is CNC(=O)[C@H](Cc1ccccc1)N(Cc1ccccc1)C(=O)C(C)C. The summed E-state index contributed by atoms with van der Waals surface area (Å²) in [6.45, 7) is 4.15. The summed E-state index contributed by atoms with van der Waals surface area (Å²) >= 11 is 0. The average molecular weight is 338 g/mol. The zero-order valence-electron chi connectivity index (χ0n) is 15.1. The summed E-state index contributed by atoms with van der Waals surface area (Å²) in [7, 11) is 1.61. The van der Waals surface area contributed by atoms with Gasteiger partial charge in [-0.2, -0.15) is 0 Å². The third-order valence-corrected chi connectivity index (χ3v) is 4.17. The fourth-order valence-corrected chi connectivity index (χ4v) is 2.80. The molecule has 2 aromatic carbocycles. The normalized spacial score (nSPS) is 11.8. The second kappa shape index (κ2) is 9.02. The quantitative estimate of drug-likeness (QED) is 0.844. The Hall–Kier alpha value is -2.62. The molecule has 2 aromatic rings. The number of rotatable bonds is 7. The van der Waals surface area contributed by atoms with Gasteiger partial charge in [0.25, 0.3) is 0 Å². The van der Waals surface area contributed by atoms with Crippen molar-refractivity contribution in [3.63, 3.8) is 0 Å². The minimum absolute atomic E-state index is 0.0200. The second-order valence-electron chi connectivity index (χ2n) is 6.43. The van der Waals surface area contributed by atoms with Crippen molar-refractivity contribution >= 4 is 11.8 Å². The van der Waals surface area contributed by atoms with E-state index in [1.54, 1.807) is 11.9 Å². The number of amides is 2. The number of carbonyl (C=O) groups excluding carboxylic acids is 2. The van der Waals surface area contributed by atoms with Crippen molar-refractivity contribution < 1.29 is 9.59 Å².